The lowest BCUT2D eigenvalue weighted by molar-refractivity contribution is -0.146. The van der Waals surface area contributed by atoms with Crippen LogP contribution in [0.15, 0.2) is 24.3 Å². The molecule has 1 aromatic rings. The van der Waals surface area contributed by atoms with Crippen molar-refractivity contribution < 1.29 is 23.8 Å². The van der Waals surface area contributed by atoms with E-state index in [1.807, 2.05) is 24.3 Å². The van der Waals surface area contributed by atoms with Gasteiger partial charge in [0.05, 0.1) is 13.7 Å². The number of methoxy groups -OCH3 is 1. The Kier molecular flexibility index (Phi) is 13.2. The van der Waals surface area contributed by atoms with E-state index in [0.29, 0.717) is 13.0 Å². The third kappa shape index (κ3) is 12.3. The molecule has 0 unspecified atom stereocenters. The topological polar surface area (TPSA) is 61.8 Å². The van der Waals surface area contributed by atoms with Gasteiger partial charge < -0.3 is 14.2 Å². The van der Waals surface area contributed by atoms with Gasteiger partial charge in [-0.25, -0.2) is 0 Å². The molecule has 0 radical (unpaired) electrons. The van der Waals surface area contributed by atoms with E-state index in [9.17, 15) is 9.59 Å². The number of rotatable bonds is 15. The van der Waals surface area contributed by atoms with Crippen molar-refractivity contribution in [1.82, 2.24) is 0 Å². The number of carbonyl (C=O) groups excluding carboxylic acids is 2. The minimum Gasteiger partial charge on any atom is -0.497 e. The van der Waals surface area contributed by atoms with Gasteiger partial charge in [0.2, 0.25) is 0 Å². The molecule has 152 valence electrons. The number of ether oxygens (including phenoxy) is 3. The van der Waals surface area contributed by atoms with Gasteiger partial charge in [-0.1, -0.05) is 37.8 Å². The number of carbonyl (C=O) groups is 2. The van der Waals surface area contributed by atoms with Crippen LogP contribution in [-0.4, -0.2) is 31.5 Å². The summed E-state index contributed by atoms with van der Waals surface area (Å²) in [5.74, 6) is 0.928. The molecule has 0 aliphatic rings. The van der Waals surface area contributed by atoms with Crippen molar-refractivity contribution in [1.29, 1.82) is 0 Å². The Hall–Kier alpha value is -1.75. The van der Waals surface area contributed by atoms with Gasteiger partial charge >= 0.3 is 11.9 Å². The molecule has 1 rings (SSSR count). The fraction of sp³-hybridized carbons (Fsp3) is 0.619. The molecule has 0 bridgehead atoms. The molecule has 0 aliphatic carbocycles. The fourth-order valence-electron chi connectivity index (χ4n) is 2.50. The fourth-order valence-corrected chi connectivity index (χ4v) is 2.69. The van der Waals surface area contributed by atoms with Gasteiger partial charge in [-0.3, -0.25) is 9.59 Å². The maximum absolute atomic E-state index is 11.7. The number of hydrogen-bond acceptors (Lipinski definition) is 5. The van der Waals surface area contributed by atoms with Crippen molar-refractivity contribution in [3.8, 4) is 5.75 Å². The zero-order valence-electron chi connectivity index (χ0n) is 16.2. The van der Waals surface area contributed by atoms with E-state index in [1.165, 1.54) is 6.42 Å². The third-order valence-electron chi connectivity index (χ3n) is 4.11. The van der Waals surface area contributed by atoms with Gasteiger partial charge in [0.15, 0.2) is 0 Å². The number of hydrogen-bond donors (Lipinski definition) is 0. The van der Waals surface area contributed by atoms with Gasteiger partial charge in [0, 0.05) is 18.7 Å². The SMILES string of the molecule is COc1ccc(COC(=O)CCCC(=O)OCCCCCCCCCl)cc1. The zero-order chi connectivity index (χ0) is 19.7. The van der Waals surface area contributed by atoms with Gasteiger partial charge in [0.1, 0.15) is 12.4 Å². The van der Waals surface area contributed by atoms with Crippen LogP contribution in [0.4, 0.5) is 0 Å². The second-order valence-corrected chi connectivity index (χ2v) is 6.77. The van der Waals surface area contributed by atoms with Crippen LogP contribution >= 0.6 is 11.6 Å². The number of unbranched alkanes of at least 4 members (excludes halogenated alkanes) is 5. The van der Waals surface area contributed by atoms with Crippen molar-refractivity contribution in [2.75, 3.05) is 19.6 Å². The first-order valence-electron chi connectivity index (χ1n) is 9.66. The van der Waals surface area contributed by atoms with E-state index in [0.717, 1.165) is 49.3 Å². The second-order valence-electron chi connectivity index (χ2n) is 6.39. The zero-order valence-corrected chi connectivity index (χ0v) is 17.0. The lowest BCUT2D eigenvalue weighted by Crippen LogP contribution is -2.09. The molecule has 0 aliphatic heterocycles. The lowest BCUT2D eigenvalue weighted by atomic mass is 10.1. The van der Waals surface area contributed by atoms with Crippen LogP contribution in [0, 0.1) is 0 Å². The Bertz CT molecular complexity index is 530. The molecule has 5 nitrogen and oxygen atoms in total. The van der Waals surface area contributed by atoms with Crippen molar-refractivity contribution >= 4 is 23.5 Å². The molecule has 0 amide bonds. The standard InChI is InChI=1S/C21H31ClO5/c1-25-19-13-11-18(12-14-19)17-27-21(24)10-8-9-20(23)26-16-7-5-3-2-4-6-15-22/h11-14H,2-10,15-17H2,1H3. The van der Waals surface area contributed by atoms with Crippen molar-refractivity contribution in [2.24, 2.45) is 0 Å². The summed E-state index contributed by atoms with van der Waals surface area (Å²) in [6.45, 7) is 0.675. The molecular weight excluding hydrogens is 368 g/mol. The van der Waals surface area contributed by atoms with Crippen LogP contribution in [0.1, 0.15) is 63.4 Å². The highest BCUT2D eigenvalue weighted by Crippen LogP contribution is 2.12. The Morgan fingerprint density at radius 3 is 2.04 bits per heavy atom. The first kappa shape index (κ1) is 23.3. The molecule has 0 N–H and O–H groups in total. The Morgan fingerprint density at radius 1 is 0.815 bits per heavy atom. The molecule has 0 fully saturated rings. The summed E-state index contributed by atoms with van der Waals surface area (Å²) in [6, 6.07) is 7.33. The summed E-state index contributed by atoms with van der Waals surface area (Å²) in [5, 5.41) is 0. The second kappa shape index (κ2) is 15.3. The summed E-state index contributed by atoms with van der Waals surface area (Å²) in [4.78, 5) is 23.4. The molecule has 1 aromatic carbocycles. The van der Waals surface area contributed by atoms with Gasteiger partial charge in [-0.2, -0.15) is 0 Å². The van der Waals surface area contributed by atoms with E-state index in [1.54, 1.807) is 7.11 Å². The van der Waals surface area contributed by atoms with Crippen molar-refractivity contribution in [2.45, 2.75) is 64.4 Å². The summed E-state index contributed by atoms with van der Waals surface area (Å²) in [6.07, 6.45) is 7.41. The molecule has 0 saturated heterocycles. The van der Waals surface area contributed by atoms with Crippen LogP contribution in [-0.2, 0) is 25.7 Å². The molecular formula is C21H31ClO5. The van der Waals surface area contributed by atoms with E-state index in [-0.39, 0.29) is 31.4 Å². The molecule has 0 saturated carbocycles. The average molecular weight is 399 g/mol. The predicted molar refractivity (Wildman–Crippen MR) is 106 cm³/mol. The molecule has 27 heavy (non-hydrogen) atoms. The van der Waals surface area contributed by atoms with E-state index < -0.39 is 0 Å². The summed E-state index contributed by atoms with van der Waals surface area (Å²) in [5.41, 5.74) is 0.895. The highest BCUT2D eigenvalue weighted by Gasteiger charge is 2.08. The van der Waals surface area contributed by atoms with E-state index >= 15 is 0 Å². The van der Waals surface area contributed by atoms with Crippen molar-refractivity contribution in [3.05, 3.63) is 29.8 Å². The third-order valence-corrected chi connectivity index (χ3v) is 4.38. The average Bonchev–Trinajstić information content (AvgIpc) is 2.69. The normalized spacial score (nSPS) is 10.4. The van der Waals surface area contributed by atoms with Crippen LogP contribution < -0.4 is 4.74 Å². The highest BCUT2D eigenvalue weighted by molar-refractivity contribution is 6.17. The molecule has 0 heterocycles. The predicted octanol–water partition coefficient (Wildman–Crippen LogP) is 5.03. The lowest BCUT2D eigenvalue weighted by Gasteiger charge is -2.07. The molecule has 0 spiro atoms. The Balaban J connectivity index is 1.99. The number of benzene rings is 1. The van der Waals surface area contributed by atoms with Crippen LogP contribution in [0.25, 0.3) is 0 Å². The molecule has 6 heteroatoms. The quantitative estimate of drug-likeness (QED) is 0.235. The maximum atomic E-state index is 11.7. The van der Waals surface area contributed by atoms with Crippen LogP contribution in [0.3, 0.4) is 0 Å². The highest BCUT2D eigenvalue weighted by atomic mass is 35.5. The number of esters is 2. The van der Waals surface area contributed by atoms with Gasteiger partial charge in [-0.05, 0) is 37.0 Å². The Morgan fingerprint density at radius 2 is 1.41 bits per heavy atom. The summed E-state index contributed by atoms with van der Waals surface area (Å²) in [7, 11) is 1.60. The van der Waals surface area contributed by atoms with Crippen LogP contribution in [0.2, 0.25) is 0 Å². The monoisotopic (exact) mass is 398 g/mol. The van der Waals surface area contributed by atoms with Crippen molar-refractivity contribution in [3.63, 3.8) is 0 Å². The van der Waals surface area contributed by atoms with Gasteiger partial charge in [-0.15, -0.1) is 11.6 Å². The number of alkyl halides is 1. The number of halogens is 1. The minimum absolute atomic E-state index is 0.214. The van der Waals surface area contributed by atoms with E-state index in [2.05, 4.69) is 0 Å². The Labute approximate surface area is 167 Å². The smallest absolute Gasteiger partial charge is 0.306 e. The molecule has 0 atom stereocenters. The van der Waals surface area contributed by atoms with Crippen LogP contribution in [0.5, 0.6) is 5.75 Å². The summed E-state index contributed by atoms with van der Waals surface area (Å²) >= 11 is 5.63. The molecule has 0 aromatic heterocycles. The largest absolute Gasteiger partial charge is 0.497 e. The first-order valence-corrected chi connectivity index (χ1v) is 10.2. The maximum Gasteiger partial charge on any atom is 0.306 e. The summed E-state index contributed by atoms with van der Waals surface area (Å²) < 4.78 is 15.5. The van der Waals surface area contributed by atoms with E-state index in [4.69, 9.17) is 25.8 Å². The van der Waals surface area contributed by atoms with Gasteiger partial charge in [0.25, 0.3) is 0 Å². The minimum atomic E-state index is -0.310. The first-order chi connectivity index (χ1) is 13.2.